The number of H-pyrrole nitrogens is 1. The van der Waals surface area contributed by atoms with E-state index in [9.17, 15) is 9.59 Å². The normalized spacial score (nSPS) is 11.1. The van der Waals surface area contributed by atoms with E-state index in [0.717, 1.165) is 0 Å². The molecule has 1 N–H and O–H groups in total. The van der Waals surface area contributed by atoms with Crippen LogP contribution in [0.15, 0.2) is 59.7 Å². The molecule has 0 amide bonds. The van der Waals surface area contributed by atoms with Gasteiger partial charge >= 0.3 is 5.97 Å². The van der Waals surface area contributed by atoms with Crippen LogP contribution in [0.3, 0.4) is 0 Å². The fourth-order valence-electron chi connectivity index (χ4n) is 2.68. The molecule has 4 aromatic rings. The number of rotatable bonds is 3. The van der Waals surface area contributed by atoms with Crippen LogP contribution >= 0.6 is 11.6 Å². The third-order valence-corrected chi connectivity index (χ3v) is 4.01. The average Bonchev–Trinajstić information content (AvgIpc) is 3.00. The summed E-state index contributed by atoms with van der Waals surface area (Å²) in [4.78, 5) is 31.2. The summed E-state index contributed by atoms with van der Waals surface area (Å²) in [7, 11) is 0. The molecule has 0 fully saturated rings. The first-order chi connectivity index (χ1) is 12.1. The zero-order valence-electron chi connectivity index (χ0n) is 12.9. The highest BCUT2D eigenvalue weighted by Crippen LogP contribution is 2.17. The maximum Gasteiger partial charge on any atom is 0.339 e. The van der Waals surface area contributed by atoms with Crippen LogP contribution in [0.4, 0.5) is 0 Å². The van der Waals surface area contributed by atoms with Gasteiger partial charge in [0.15, 0.2) is 0 Å². The lowest BCUT2D eigenvalue weighted by atomic mass is 10.1. The fraction of sp³-hybridized carbons (Fsp3) is 0.0556. The Morgan fingerprint density at radius 2 is 2.04 bits per heavy atom. The van der Waals surface area contributed by atoms with E-state index < -0.39 is 5.97 Å². The summed E-state index contributed by atoms with van der Waals surface area (Å²) in [6, 6.07) is 11.8. The van der Waals surface area contributed by atoms with E-state index in [0.29, 0.717) is 27.3 Å². The van der Waals surface area contributed by atoms with Crippen molar-refractivity contribution in [3.8, 4) is 0 Å². The van der Waals surface area contributed by atoms with E-state index >= 15 is 0 Å². The molecule has 0 aliphatic heterocycles. The van der Waals surface area contributed by atoms with Gasteiger partial charge in [0.05, 0.1) is 16.3 Å². The van der Waals surface area contributed by atoms with Crippen LogP contribution in [0.5, 0.6) is 0 Å². The number of nitrogens with one attached hydrogen (secondary N) is 1. The van der Waals surface area contributed by atoms with Crippen molar-refractivity contribution < 1.29 is 9.53 Å². The second-order valence-electron chi connectivity index (χ2n) is 5.51. The Bertz CT molecular complexity index is 1160. The van der Waals surface area contributed by atoms with Crippen LogP contribution in [-0.2, 0) is 11.3 Å². The lowest BCUT2D eigenvalue weighted by Crippen LogP contribution is -2.13. The number of para-hydroxylation sites is 1. The number of imidazole rings is 1. The molecule has 0 saturated heterocycles. The molecule has 0 atom stereocenters. The van der Waals surface area contributed by atoms with E-state index in [2.05, 4.69) is 9.97 Å². The van der Waals surface area contributed by atoms with Gasteiger partial charge < -0.3 is 14.1 Å². The van der Waals surface area contributed by atoms with Crippen LogP contribution in [0.2, 0.25) is 5.02 Å². The minimum absolute atomic E-state index is 0.000736. The fourth-order valence-corrected chi connectivity index (χ4v) is 2.85. The van der Waals surface area contributed by atoms with Gasteiger partial charge in [-0.3, -0.25) is 4.79 Å². The van der Waals surface area contributed by atoms with Gasteiger partial charge in [0.2, 0.25) is 5.56 Å². The number of carbonyl (C=O) groups excluding carboxylic acids is 1. The topological polar surface area (TPSA) is 76.5 Å². The zero-order valence-corrected chi connectivity index (χ0v) is 13.7. The minimum atomic E-state index is -0.572. The number of aromatic amines is 1. The Labute approximate surface area is 146 Å². The molecule has 7 heteroatoms. The number of hydrogen-bond acceptors (Lipinski definition) is 4. The molecule has 1 aromatic carbocycles. The molecule has 3 heterocycles. The Hall–Kier alpha value is -3.12. The van der Waals surface area contributed by atoms with Crippen LogP contribution < -0.4 is 5.56 Å². The molecule has 6 nitrogen and oxygen atoms in total. The smallest absolute Gasteiger partial charge is 0.339 e. The number of halogens is 1. The van der Waals surface area contributed by atoms with E-state index in [4.69, 9.17) is 16.3 Å². The number of esters is 1. The molecule has 4 rings (SSSR count). The highest BCUT2D eigenvalue weighted by molar-refractivity contribution is 6.30. The molecule has 3 aromatic heterocycles. The number of ether oxygens (including phenoxy) is 1. The Kier molecular flexibility index (Phi) is 3.74. The number of hydrogen-bond donors (Lipinski definition) is 1. The van der Waals surface area contributed by atoms with Crippen molar-refractivity contribution >= 4 is 34.1 Å². The highest BCUT2D eigenvalue weighted by Gasteiger charge is 2.14. The first-order valence-corrected chi connectivity index (χ1v) is 7.90. The first-order valence-electron chi connectivity index (χ1n) is 7.52. The van der Waals surface area contributed by atoms with Crippen LogP contribution in [0.1, 0.15) is 16.1 Å². The summed E-state index contributed by atoms with van der Waals surface area (Å²) < 4.78 is 7.09. The molecule has 0 unspecified atom stereocenters. The van der Waals surface area contributed by atoms with Crippen molar-refractivity contribution in [1.82, 2.24) is 14.4 Å². The maximum atomic E-state index is 12.4. The van der Waals surface area contributed by atoms with Gasteiger partial charge in [-0.25, -0.2) is 9.78 Å². The number of pyridine rings is 2. The largest absolute Gasteiger partial charge is 0.455 e. The van der Waals surface area contributed by atoms with Crippen LogP contribution in [0.25, 0.3) is 16.6 Å². The number of aromatic nitrogens is 3. The third kappa shape index (κ3) is 2.99. The van der Waals surface area contributed by atoms with Crippen molar-refractivity contribution in [3.63, 3.8) is 0 Å². The zero-order chi connectivity index (χ0) is 17.4. The highest BCUT2D eigenvalue weighted by atomic mass is 35.5. The first kappa shape index (κ1) is 15.4. The van der Waals surface area contributed by atoms with Gasteiger partial charge in [-0.2, -0.15) is 0 Å². The van der Waals surface area contributed by atoms with Crippen molar-refractivity contribution in [2.45, 2.75) is 6.61 Å². The van der Waals surface area contributed by atoms with E-state index in [1.165, 1.54) is 6.07 Å². The van der Waals surface area contributed by atoms with Crippen molar-refractivity contribution in [3.05, 3.63) is 81.5 Å². The van der Waals surface area contributed by atoms with Gasteiger partial charge in [-0.05, 0) is 18.2 Å². The number of nitrogens with zero attached hydrogens (tertiary/aromatic N) is 2. The SMILES string of the molecule is O=C(OCc1cn2cc(Cl)ccc2n1)c1cc(=O)[nH]c2ccccc12. The lowest BCUT2D eigenvalue weighted by molar-refractivity contribution is 0.0470. The standard InChI is InChI=1S/C18H12ClN3O3/c19-11-5-6-16-20-12(9-22(16)8-11)10-25-18(24)14-7-17(23)21-15-4-2-1-3-13(14)15/h1-9H,10H2,(H,21,23). The van der Waals surface area contributed by atoms with Crippen LogP contribution in [0, 0.1) is 0 Å². The lowest BCUT2D eigenvalue weighted by Gasteiger charge is -2.06. The molecule has 0 aliphatic rings. The molecule has 0 saturated carbocycles. The van der Waals surface area contributed by atoms with Crippen molar-refractivity contribution in [1.29, 1.82) is 0 Å². The van der Waals surface area contributed by atoms with Crippen molar-refractivity contribution in [2.75, 3.05) is 0 Å². The second kappa shape index (κ2) is 6.07. The van der Waals surface area contributed by atoms with E-state index in [1.807, 2.05) is 0 Å². The predicted octanol–water partition coefficient (Wildman–Crippen LogP) is 3.19. The molecule has 124 valence electrons. The predicted molar refractivity (Wildman–Crippen MR) is 93.9 cm³/mol. The Morgan fingerprint density at radius 3 is 2.92 bits per heavy atom. The number of fused-ring (bicyclic) bond motifs is 2. The summed E-state index contributed by atoms with van der Waals surface area (Å²) in [6.07, 6.45) is 3.46. The Morgan fingerprint density at radius 1 is 1.20 bits per heavy atom. The van der Waals surface area contributed by atoms with Crippen LogP contribution in [-0.4, -0.2) is 20.3 Å². The summed E-state index contributed by atoms with van der Waals surface area (Å²) in [6.45, 7) is -0.000736. The van der Waals surface area contributed by atoms with Gasteiger partial charge in [-0.15, -0.1) is 0 Å². The number of carbonyl (C=O) groups is 1. The Balaban J connectivity index is 1.60. The summed E-state index contributed by atoms with van der Waals surface area (Å²) >= 11 is 5.94. The summed E-state index contributed by atoms with van der Waals surface area (Å²) in [5, 5.41) is 1.22. The minimum Gasteiger partial charge on any atom is -0.455 e. The van der Waals surface area contributed by atoms with E-state index in [-0.39, 0.29) is 17.7 Å². The van der Waals surface area contributed by atoms with Gasteiger partial charge in [0, 0.05) is 29.4 Å². The molecule has 0 spiro atoms. The average molecular weight is 354 g/mol. The molecular weight excluding hydrogens is 342 g/mol. The summed E-state index contributed by atoms with van der Waals surface area (Å²) in [5.41, 5.74) is 1.75. The quantitative estimate of drug-likeness (QED) is 0.574. The van der Waals surface area contributed by atoms with Gasteiger partial charge in [0.25, 0.3) is 0 Å². The van der Waals surface area contributed by atoms with Gasteiger partial charge in [0.1, 0.15) is 12.3 Å². The molecular formula is C18H12ClN3O3. The monoisotopic (exact) mass is 353 g/mol. The summed E-state index contributed by atoms with van der Waals surface area (Å²) in [5.74, 6) is -0.572. The molecule has 0 radical (unpaired) electrons. The molecule has 25 heavy (non-hydrogen) atoms. The molecule has 0 bridgehead atoms. The maximum absolute atomic E-state index is 12.4. The third-order valence-electron chi connectivity index (χ3n) is 3.79. The second-order valence-corrected chi connectivity index (χ2v) is 5.95. The van der Waals surface area contributed by atoms with Crippen molar-refractivity contribution in [2.24, 2.45) is 0 Å². The molecule has 0 aliphatic carbocycles. The van der Waals surface area contributed by atoms with E-state index in [1.54, 1.807) is 53.2 Å². The number of benzene rings is 1. The van der Waals surface area contributed by atoms with Gasteiger partial charge in [-0.1, -0.05) is 29.8 Å².